The van der Waals surface area contributed by atoms with Gasteiger partial charge in [-0.3, -0.25) is 4.98 Å². The Morgan fingerprint density at radius 1 is 1.17 bits per heavy atom. The van der Waals surface area contributed by atoms with E-state index in [1.807, 2.05) is 37.3 Å². The van der Waals surface area contributed by atoms with Crippen molar-refractivity contribution in [1.29, 1.82) is 0 Å². The highest BCUT2D eigenvalue weighted by Gasteiger charge is 2.39. The summed E-state index contributed by atoms with van der Waals surface area (Å²) >= 11 is 0. The van der Waals surface area contributed by atoms with Crippen molar-refractivity contribution in [2.24, 2.45) is 11.7 Å². The molecule has 2 N–H and O–H groups in total. The van der Waals surface area contributed by atoms with Crippen LogP contribution in [-0.4, -0.2) is 37.3 Å². The van der Waals surface area contributed by atoms with Gasteiger partial charge >= 0.3 is 0 Å². The summed E-state index contributed by atoms with van der Waals surface area (Å²) in [6, 6.07) is 13.3. The van der Waals surface area contributed by atoms with Gasteiger partial charge in [-0.25, -0.2) is 8.42 Å². The lowest BCUT2D eigenvalue weighted by atomic mass is 9.89. The first-order chi connectivity index (χ1) is 11.0. The average Bonchev–Trinajstić information content (AvgIpc) is 3.01. The molecule has 1 aromatic carbocycles. The number of aryl methyl sites for hydroxylation is 1. The quantitative estimate of drug-likeness (QED) is 0.926. The summed E-state index contributed by atoms with van der Waals surface area (Å²) in [6.45, 7) is 3.22. The maximum Gasteiger partial charge on any atom is 0.244 e. The fourth-order valence-electron chi connectivity index (χ4n) is 3.10. The van der Waals surface area contributed by atoms with E-state index in [9.17, 15) is 8.42 Å². The van der Waals surface area contributed by atoms with Gasteiger partial charge in [-0.05, 0) is 37.1 Å². The molecule has 5 nitrogen and oxygen atoms in total. The molecule has 0 saturated carbocycles. The van der Waals surface area contributed by atoms with E-state index >= 15 is 0 Å². The summed E-state index contributed by atoms with van der Waals surface area (Å²) < 4.78 is 27.2. The van der Waals surface area contributed by atoms with Gasteiger partial charge in [0.25, 0.3) is 0 Å². The van der Waals surface area contributed by atoms with Crippen LogP contribution in [0.4, 0.5) is 0 Å². The molecule has 122 valence electrons. The van der Waals surface area contributed by atoms with Crippen molar-refractivity contribution in [1.82, 2.24) is 9.29 Å². The molecule has 1 aliphatic rings. The Morgan fingerprint density at radius 2 is 1.91 bits per heavy atom. The van der Waals surface area contributed by atoms with Gasteiger partial charge in [0.1, 0.15) is 4.90 Å². The highest BCUT2D eigenvalue weighted by molar-refractivity contribution is 7.89. The van der Waals surface area contributed by atoms with Crippen LogP contribution in [0.15, 0.2) is 53.6 Å². The maximum absolute atomic E-state index is 12.8. The molecule has 1 aromatic heterocycles. The molecule has 3 rings (SSSR count). The molecule has 1 saturated heterocycles. The van der Waals surface area contributed by atoms with Gasteiger partial charge < -0.3 is 5.73 Å². The third-order valence-corrected chi connectivity index (χ3v) is 6.28. The van der Waals surface area contributed by atoms with Crippen molar-refractivity contribution < 1.29 is 8.42 Å². The van der Waals surface area contributed by atoms with E-state index in [1.165, 1.54) is 10.5 Å². The summed E-state index contributed by atoms with van der Waals surface area (Å²) in [5.41, 5.74) is 7.83. The van der Waals surface area contributed by atoms with Gasteiger partial charge in [0.15, 0.2) is 0 Å². The molecule has 2 aromatic rings. The van der Waals surface area contributed by atoms with Gasteiger partial charge in [0.2, 0.25) is 10.0 Å². The molecule has 1 fully saturated rings. The van der Waals surface area contributed by atoms with Crippen molar-refractivity contribution in [2.75, 3.05) is 19.6 Å². The molecule has 0 spiro atoms. The standard InChI is InChI=1S/C17H21N3O2S/c1-13-7-8-16(10-19-13)23(21,22)20-11-15(9-18)17(12-20)14-5-3-2-4-6-14/h2-8,10,15,17H,9,11-12,18H2,1H3/t15-,17+/m1/s1. The molecule has 0 amide bonds. The second kappa shape index (κ2) is 6.39. The van der Waals surface area contributed by atoms with E-state index in [0.717, 1.165) is 11.3 Å². The largest absolute Gasteiger partial charge is 0.330 e. The number of sulfonamides is 1. The molecular weight excluding hydrogens is 310 g/mol. The second-order valence-electron chi connectivity index (χ2n) is 5.97. The zero-order valence-corrected chi connectivity index (χ0v) is 13.9. The molecule has 6 heteroatoms. The van der Waals surface area contributed by atoms with Crippen molar-refractivity contribution >= 4 is 10.0 Å². The predicted octanol–water partition coefficient (Wildman–Crippen LogP) is 1.75. The first-order valence-corrected chi connectivity index (χ1v) is 9.14. The molecule has 23 heavy (non-hydrogen) atoms. The first kappa shape index (κ1) is 16.1. The summed E-state index contributed by atoms with van der Waals surface area (Å²) in [7, 11) is -3.52. The Hall–Kier alpha value is -1.76. The summed E-state index contributed by atoms with van der Waals surface area (Å²) in [5.74, 6) is 0.264. The third kappa shape index (κ3) is 3.15. The lowest BCUT2D eigenvalue weighted by molar-refractivity contribution is 0.458. The fraction of sp³-hybridized carbons (Fsp3) is 0.353. The molecule has 0 aliphatic carbocycles. The van der Waals surface area contributed by atoms with Gasteiger partial charge in [0.05, 0.1) is 0 Å². The van der Waals surface area contributed by atoms with E-state index in [1.54, 1.807) is 12.1 Å². The zero-order valence-electron chi connectivity index (χ0n) is 13.1. The smallest absolute Gasteiger partial charge is 0.244 e. The third-order valence-electron chi connectivity index (χ3n) is 4.46. The maximum atomic E-state index is 12.8. The molecule has 2 heterocycles. The topological polar surface area (TPSA) is 76.3 Å². The minimum atomic E-state index is -3.52. The number of aromatic nitrogens is 1. The molecule has 0 unspecified atom stereocenters. The van der Waals surface area contributed by atoms with Crippen molar-refractivity contribution in [3.63, 3.8) is 0 Å². The first-order valence-electron chi connectivity index (χ1n) is 7.70. The Kier molecular flexibility index (Phi) is 4.48. The number of benzene rings is 1. The molecule has 0 bridgehead atoms. The Labute approximate surface area is 137 Å². The van der Waals surface area contributed by atoms with Gasteiger partial charge in [0, 0.05) is 30.9 Å². The number of hydrogen-bond acceptors (Lipinski definition) is 4. The second-order valence-corrected chi connectivity index (χ2v) is 7.91. The Morgan fingerprint density at radius 3 is 2.52 bits per heavy atom. The van der Waals surface area contributed by atoms with Crippen LogP contribution in [0.25, 0.3) is 0 Å². The van der Waals surface area contributed by atoms with Crippen LogP contribution in [0, 0.1) is 12.8 Å². The Balaban J connectivity index is 1.88. The van der Waals surface area contributed by atoms with E-state index in [4.69, 9.17) is 5.73 Å². The highest BCUT2D eigenvalue weighted by Crippen LogP contribution is 2.34. The predicted molar refractivity (Wildman–Crippen MR) is 89.5 cm³/mol. The monoisotopic (exact) mass is 331 g/mol. The van der Waals surface area contributed by atoms with Crippen molar-refractivity contribution in [3.8, 4) is 0 Å². The number of nitrogens with zero attached hydrogens (tertiary/aromatic N) is 2. The van der Waals surface area contributed by atoms with Crippen LogP contribution in [-0.2, 0) is 10.0 Å². The fourth-order valence-corrected chi connectivity index (χ4v) is 4.57. The average molecular weight is 331 g/mol. The van der Waals surface area contributed by atoms with Crippen LogP contribution in [0.2, 0.25) is 0 Å². The van der Waals surface area contributed by atoms with Crippen LogP contribution in [0.1, 0.15) is 17.2 Å². The summed E-state index contributed by atoms with van der Waals surface area (Å²) in [5, 5.41) is 0. The number of rotatable bonds is 4. The number of hydrogen-bond donors (Lipinski definition) is 1. The lowest BCUT2D eigenvalue weighted by Crippen LogP contribution is -2.30. The van der Waals surface area contributed by atoms with E-state index < -0.39 is 10.0 Å². The highest BCUT2D eigenvalue weighted by atomic mass is 32.2. The minimum absolute atomic E-state index is 0.130. The molecular formula is C17H21N3O2S. The van der Waals surface area contributed by atoms with E-state index in [-0.39, 0.29) is 16.7 Å². The summed E-state index contributed by atoms with van der Waals surface area (Å²) in [6.07, 6.45) is 1.43. The molecule has 1 aliphatic heterocycles. The van der Waals surface area contributed by atoms with E-state index in [0.29, 0.717) is 19.6 Å². The summed E-state index contributed by atoms with van der Waals surface area (Å²) in [4.78, 5) is 4.35. The van der Waals surface area contributed by atoms with Gasteiger partial charge in [-0.15, -0.1) is 0 Å². The minimum Gasteiger partial charge on any atom is -0.330 e. The molecule has 2 atom stereocenters. The Bertz CT molecular complexity index is 760. The van der Waals surface area contributed by atoms with Crippen LogP contribution in [0.5, 0.6) is 0 Å². The van der Waals surface area contributed by atoms with E-state index in [2.05, 4.69) is 4.98 Å². The van der Waals surface area contributed by atoms with Crippen LogP contribution < -0.4 is 5.73 Å². The SMILES string of the molecule is Cc1ccc(S(=O)(=O)N2C[C@@H](CN)[C@H](c3ccccc3)C2)cn1. The number of pyridine rings is 1. The zero-order chi connectivity index (χ0) is 16.4. The number of nitrogens with two attached hydrogens (primary N) is 1. The van der Waals surface area contributed by atoms with Crippen molar-refractivity contribution in [3.05, 3.63) is 59.9 Å². The lowest BCUT2D eigenvalue weighted by Gasteiger charge is -2.17. The normalized spacial score (nSPS) is 22.3. The van der Waals surface area contributed by atoms with Crippen molar-refractivity contribution in [2.45, 2.75) is 17.7 Å². The van der Waals surface area contributed by atoms with Crippen LogP contribution >= 0.6 is 0 Å². The molecule has 0 radical (unpaired) electrons. The van der Waals surface area contributed by atoms with Gasteiger partial charge in [-0.2, -0.15) is 4.31 Å². The van der Waals surface area contributed by atoms with Gasteiger partial charge in [-0.1, -0.05) is 30.3 Å². The van der Waals surface area contributed by atoms with Crippen LogP contribution in [0.3, 0.4) is 0 Å².